The Bertz CT molecular complexity index is 3320. The van der Waals surface area contributed by atoms with E-state index in [1.165, 1.54) is 44.5 Å². The van der Waals surface area contributed by atoms with Gasteiger partial charge in [-0.3, -0.25) is 0 Å². The molecule has 1 aliphatic heterocycles. The van der Waals surface area contributed by atoms with Gasteiger partial charge in [0.05, 0.1) is 5.69 Å². The molecule has 0 radical (unpaired) electrons. The van der Waals surface area contributed by atoms with Crippen LogP contribution in [-0.2, 0) is 0 Å². The van der Waals surface area contributed by atoms with E-state index in [1.807, 2.05) is 0 Å². The average molecular weight is 857 g/mol. The van der Waals surface area contributed by atoms with E-state index in [0.717, 1.165) is 67.5 Å². The Balaban J connectivity index is 0.948. The Hall–Kier alpha value is -8.92. The van der Waals surface area contributed by atoms with Crippen molar-refractivity contribution in [1.82, 2.24) is 0 Å². The van der Waals surface area contributed by atoms with Gasteiger partial charge in [-0.15, -0.1) is 0 Å². The van der Waals surface area contributed by atoms with E-state index in [9.17, 15) is 0 Å². The van der Waals surface area contributed by atoms with Crippen molar-refractivity contribution in [3.8, 4) is 67.1 Å². The van der Waals surface area contributed by atoms with Gasteiger partial charge in [0.25, 0.3) is 0 Å². The van der Waals surface area contributed by atoms with E-state index in [1.54, 1.807) is 0 Å². The van der Waals surface area contributed by atoms with Crippen LogP contribution in [0, 0.1) is 0 Å². The van der Waals surface area contributed by atoms with E-state index >= 15 is 0 Å². The molecular weight excluding hydrogens is 813 g/mol. The maximum atomic E-state index is 7.00. The monoisotopic (exact) mass is 856 g/mol. The van der Waals surface area contributed by atoms with Crippen molar-refractivity contribution in [3.63, 3.8) is 0 Å². The van der Waals surface area contributed by atoms with Gasteiger partial charge in [0, 0.05) is 45.5 Å². The highest BCUT2D eigenvalue weighted by Gasteiger charge is 2.25. The average Bonchev–Trinajstić information content (AvgIpc) is 3.41. The first-order valence-corrected chi connectivity index (χ1v) is 22.8. The Morgan fingerprint density at radius 1 is 0.224 bits per heavy atom. The van der Waals surface area contributed by atoms with Gasteiger partial charge in [0.15, 0.2) is 0 Å². The molecule has 11 aromatic rings. The summed E-state index contributed by atoms with van der Waals surface area (Å²) in [6.07, 6.45) is 0. The van der Waals surface area contributed by atoms with Gasteiger partial charge in [-0.2, -0.15) is 0 Å². The summed E-state index contributed by atoms with van der Waals surface area (Å²) in [6.45, 7) is 0. The molecule has 0 amide bonds. The predicted octanol–water partition coefficient (Wildman–Crippen LogP) is 18.2. The number of anilines is 6. The second kappa shape index (κ2) is 17.2. The minimum absolute atomic E-state index is 0.825. The Morgan fingerprint density at radius 2 is 0.582 bits per heavy atom. The van der Waals surface area contributed by atoms with E-state index in [0.29, 0.717) is 0 Å². The highest BCUT2D eigenvalue weighted by atomic mass is 16.5. The van der Waals surface area contributed by atoms with Crippen LogP contribution < -0.4 is 14.5 Å². The second-order valence-corrected chi connectivity index (χ2v) is 17.0. The number of ether oxygens (including phenoxy) is 1. The van der Waals surface area contributed by atoms with Gasteiger partial charge in [-0.1, -0.05) is 188 Å². The van der Waals surface area contributed by atoms with Gasteiger partial charge in [0.2, 0.25) is 0 Å². The first-order valence-electron chi connectivity index (χ1n) is 22.8. The summed E-state index contributed by atoms with van der Waals surface area (Å²) in [4.78, 5) is 4.67. The molecular formula is C64H44N2O. The van der Waals surface area contributed by atoms with E-state index in [-0.39, 0.29) is 0 Å². The molecule has 0 aromatic heterocycles. The molecule has 0 unspecified atom stereocenters. The van der Waals surface area contributed by atoms with Crippen LogP contribution in [0.2, 0.25) is 0 Å². The SMILES string of the molecule is c1ccc(-c2ccc(N(c3ccc(-c4ccccc4)cc3)c3ccc4c(c3)-c3cccc5cc(N(c6ccc(-c7ccccc7)cc6)c6ccc(-c7ccccc7)cc6)cc(c35)O4)cc2)cc1. The van der Waals surface area contributed by atoms with Crippen molar-refractivity contribution in [2.75, 3.05) is 9.80 Å². The zero-order valence-electron chi connectivity index (χ0n) is 36.7. The molecule has 67 heavy (non-hydrogen) atoms. The van der Waals surface area contributed by atoms with Crippen molar-refractivity contribution in [3.05, 3.63) is 267 Å². The lowest BCUT2D eigenvalue weighted by Gasteiger charge is -2.30. The minimum Gasteiger partial charge on any atom is -0.456 e. The second-order valence-electron chi connectivity index (χ2n) is 17.0. The van der Waals surface area contributed by atoms with Crippen molar-refractivity contribution in [2.45, 2.75) is 0 Å². The highest BCUT2D eigenvalue weighted by molar-refractivity contribution is 6.07. The van der Waals surface area contributed by atoms with Crippen LogP contribution >= 0.6 is 0 Å². The maximum Gasteiger partial charge on any atom is 0.138 e. The molecule has 0 bridgehead atoms. The summed E-state index contributed by atoms with van der Waals surface area (Å²) < 4.78 is 7.00. The van der Waals surface area contributed by atoms with Crippen LogP contribution in [0.1, 0.15) is 0 Å². The summed E-state index contributed by atoms with van der Waals surface area (Å²) in [5, 5.41) is 2.21. The number of hydrogen-bond donors (Lipinski definition) is 0. The van der Waals surface area contributed by atoms with E-state index in [4.69, 9.17) is 4.74 Å². The predicted molar refractivity (Wildman–Crippen MR) is 281 cm³/mol. The van der Waals surface area contributed by atoms with Crippen molar-refractivity contribution in [1.29, 1.82) is 0 Å². The summed E-state index contributed by atoms with van der Waals surface area (Å²) in [5.41, 5.74) is 18.0. The van der Waals surface area contributed by atoms with Crippen LogP contribution in [0.3, 0.4) is 0 Å². The molecule has 0 aliphatic carbocycles. The van der Waals surface area contributed by atoms with Crippen LogP contribution in [0.5, 0.6) is 11.5 Å². The fraction of sp³-hybridized carbons (Fsp3) is 0. The van der Waals surface area contributed by atoms with Crippen molar-refractivity contribution in [2.24, 2.45) is 0 Å². The maximum absolute atomic E-state index is 7.00. The van der Waals surface area contributed by atoms with Gasteiger partial charge in [-0.25, -0.2) is 0 Å². The first-order chi connectivity index (χ1) is 33.2. The topological polar surface area (TPSA) is 15.7 Å². The number of benzene rings is 11. The largest absolute Gasteiger partial charge is 0.456 e. The third kappa shape index (κ3) is 7.69. The molecule has 1 aliphatic rings. The van der Waals surface area contributed by atoms with E-state index < -0.39 is 0 Å². The smallest absolute Gasteiger partial charge is 0.138 e. The Morgan fingerprint density at radius 3 is 0.985 bits per heavy atom. The molecule has 0 atom stereocenters. The molecule has 3 heteroatoms. The van der Waals surface area contributed by atoms with Crippen LogP contribution in [0.15, 0.2) is 267 Å². The molecule has 11 aromatic carbocycles. The molecule has 0 fully saturated rings. The summed E-state index contributed by atoms with van der Waals surface area (Å²) in [7, 11) is 0. The van der Waals surface area contributed by atoms with Gasteiger partial charge >= 0.3 is 0 Å². The molecule has 0 saturated heterocycles. The van der Waals surface area contributed by atoms with Gasteiger partial charge in [-0.05, 0) is 128 Å². The minimum atomic E-state index is 0.825. The number of hydrogen-bond acceptors (Lipinski definition) is 3. The Kier molecular flexibility index (Phi) is 10.2. The normalized spacial score (nSPS) is 11.4. The van der Waals surface area contributed by atoms with Gasteiger partial charge < -0.3 is 14.5 Å². The van der Waals surface area contributed by atoms with Crippen LogP contribution in [0.4, 0.5) is 34.1 Å². The lowest BCUT2D eigenvalue weighted by Crippen LogP contribution is -2.11. The molecule has 12 rings (SSSR count). The first kappa shape index (κ1) is 39.7. The quantitative estimate of drug-likeness (QED) is 0.136. The lowest BCUT2D eigenvalue weighted by atomic mass is 9.93. The fourth-order valence-electron chi connectivity index (χ4n) is 9.51. The third-order valence-corrected chi connectivity index (χ3v) is 12.8. The highest BCUT2D eigenvalue weighted by Crippen LogP contribution is 2.51. The molecule has 0 saturated carbocycles. The van der Waals surface area contributed by atoms with E-state index in [2.05, 4.69) is 277 Å². The standard InChI is InChI=1S/C64H44N2O/c1-5-14-45(15-6-1)49-24-32-54(33-25-49)65(55-34-26-50(27-35-55)46-16-7-2-8-17-46)58-40-41-62-61(43-58)60-23-13-22-53-42-59(44-63(67-62)64(53)60)66(56-36-28-51(29-37-56)47-18-9-3-10-19-47)57-38-30-52(31-39-57)48-20-11-4-12-21-48/h1-44H. The molecule has 0 N–H and O–H groups in total. The molecule has 0 spiro atoms. The van der Waals surface area contributed by atoms with Crippen molar-refractivity contribution < 1.29 is 4.74 Å². The van der Waals surface area contributed by atoms with Crippen LogP contribution in [0.25, 0.3) is 66.4 Å². The van der Waals surface area contributed by atoms with Crippen molar-refractivity contribution >= 4 is 44.9 Å². The summed E-state index contributed by atoms with van der Waals surface area (Å²) in [5.74, 6) is 1.66. The fourth-order valence-corrected chi connectivity index (χ4v) is 9.51. The number of fused-ring (bicyclic) bond motifs is 2. The summed E-state index contributed by atoms with van der Waals surface area (Å²) in [6, 6.07) is 95.3. The number of rotatable bonds is 10. The molecule has 1 heterocycles. The third-order valence-electron chi connectivity index (χ3n) is 12.8. The van der Waals surface area contributed by atoms with Gasteiger partial charge in [0.1, 0.15) is 11.5 Å². The zero-order chi connectivity index (χ0) is 44.5. The van der Waals surface area contributed by atoms with Crippen LogP contribution in [-0.4, -0.2) is 0 Å². The molecule has 3 nitrogen and oxygen atoms in total. The zero-order valence-corrected chi connectivity index (χ0v) is 36.7. The molecule has 316 valence electrons. The lowest BCUT2D eigenvalue weighted by molar-refractivity contribution is 0.487. The summed E-state index contributed by atoms with van der Waals surface area (Å²) >= 11 is 0. The Labute approximate surface area is 391 Å². The number of nitrogens with zero attached hydrogens (tertiary/aromatic N) is 2.